The molecule has 0 spiro atoms. The highest BCUT2D eigenvalue weighted by molar-refractivity contribution is 6.30. The van der Waals surface area contributed by atoms with Gasteiger partial charge >= 0.3 is 0 Å². The second-order valence-electron chi connectivity index (χ2n) is 4.72. The van der Waals surface area contributed by atoms with Gasteiger partial charge < -0.3 is 5.32 Å². The molecule has 1 N–H and O–H groups in total. The van der Waals surface area contributed by atoms with Gasteiger partial charge in [-0.15, -0.1) is 0 Å². The Kier molecular flexibility index (Phi) is 3.32. The summed E-state index contributed by atoms with van der Waals surface area (Å²) in [7, 11) is 0. The molecular formula is C13H18ClN. The molecule has 82 valence electrons. The quantitative estimate of drug-likeness (QED) is 0.826. The minimum atomic E-state index is 0.557. The molecule has 3 unspecified atom stereocenters. The summed E-state index contributed by atoms with van der Waals surface area (Å²) in [5.41, 5.74) is 1.35. The van der Waals surface area contributed by atoms with E-state index in [2.05, 4.69) is 31.3 Å². The summed E-state index contributed by atoms with van der Waals surface area (Å²) in [5.74, 6) is 0.873. The fourth-order valence-electron chi connectivity index (χ4n) is 1.95. The minimum absolute atomic E-state index is 0.557. The number of hydrogen-bond acceptors (Lipinski definition) is 1. The van der Waals surface area contributed by atoms with Gasteiger partial charge in [-0.25, -0.2) is 0 Å². The molecule has 0 aliphatic heterocycles. The number of rotatable bonds is 4. The molecule has 0 radical (unpaired) electrons. The third-order valence-electron chi connectivity index (χ3n) is 3.06. The smallest absolute Gasteiger partial charge is 0.0406 e. The minimum Gasteiger partial charge on any atom is -0.311 e. The van der Waals surface area contributed by atoms with E-state index in [0.29, 0.717) is 6.04 Å². The van der Waals surface area contributed by atoms with Crippen molar-refractivity contribution in [3.8, 4) is 0 Å². The first-order valence-corrected chi connectivity index (χ1v) is 6.03. The monoisotopic (exact) mass is 223 g/mol. The van der Waals surface area contributed by atoms with Crippen LogP contribution in [-0.2, 0) is 6.42 Å². The first-order valence-electron chi connectivity index (χ1n) is 5.65. The Bertz CT molecular complexity index is 320. The SMILES string of the molecule is CC(Cc1ccc(Cl)cc1)NC1CC1C. The Morgan fingerprint density at radius 3 is 2.53 bits per heavy atom. The Balaban J connectivity index is 1.82. The number of nitrogens with one attached hydrogen (secondary N) is 1. The third kappa shape index (κ3) is 3.22. The standard InChI is InChI=1S/C13H18ClN/c1-9-7-13(9)15-10(2)8-11-3-5-12(14)6-4-11/h3-6,9-10,13,15H,7-8H2,1-2H3. The number of hydrogen-bond donors (Lipinski definition) is 1. The molecule has 1 fully saturated rings. The predicted octanol–water partition coefficient (Wildman–Crippen LogP) is 3.27. The van der Waals surface area contributed by atoms with Gasteiger partial charge in [0.05, 0.1) is 0 Å². The van der Waals surface area contributed by atoms with E-state index >= 15 is 0 Å². The molecule has 1 aliphatic carbocycles. The lowest BCUT2D eigenvalue weighted by molar-refractivity contribution is 0.527. The van der Waals surface area contributed by atoms with Crippen LogP contribution in [0, 0.1) is 5.92 Å². The maximum atomic E-state index is 5.85. The molecule has 1 saturated carbocycles. The Morgan fingerprint density at radius 1 is 1.40 bits per heavy atom. The topological polar surface area (TPSA) is 12.0 Å². The van der Waals surface area contributed by atoms with Gasteiger partial charge in [-0.1, -0.05) is 30.7 Å². The summed E-state index contributed by atoms with van der Waals surface area (Å²) in [6.07, 6.45) is 2.42. The van der Waals surface area contributed by atoms with Crippen molar-refractivity contribution in [2.45, 2.75) is 38.8 Å². The van der Waals surface area contributed by atoms with E-state index < -0.39 is 0 Å². The largest absolute Gasteiger partial charge is 0.311 e. The highest BCUT2D eigenvalue weighted by atomic mass is 35.5. The van der Waals surface area contributed by atoms with E-state index in [4.69, 9.17) is 11.6 Å². The van der Waals surface area contributed by atoms with Crippen LogP contribution in [0.4, 0.5) is 0 Å². The molecule has 1 aliphatic rings. The van der Waals surface area contributed by atoms with Crippen molar-refractivity contribution in [3.63, 3.8) is 0 Å². The van der Waals surface area contributed by atoms with Crippen molar-refractivity contribution in [3.05, 3.63) is 34.9 Å². The molecule has 2 rings (SSSR count). The van der Waals surface area contributed by atoms with E-state index in [1.807, 2.05) is 12.1 Å². The molecule has 15 heavy (non-hydrogen) atoms. The van der Waals surface area contributed by atoms with E-state index in [-0.39, 0.29) is 0 Å². The second kappa shape index (κ2) is 4.54. The number of benzene rings is 1. The zero-order valence-corrected chi connectivity index (χ0v) is 10.1. The summed E-state index contributed by atoms with van der Waals surface area (Å²) >= 11 is 5.85. The molecular weight excluding hydrogens is 206 g/mol. The van der Waals surface area contributed by atoms with E-state index in [9.17, 15) is 0 Å². The molecule has 0 heterocycles. The average Bonchev–Trinajstić information content (AvgIpc) is 2.86. The molecule has 1 nitrogen and oxygen atoms in total. The average molecular weight is 224 g/mol. The van der Waals surface area contributed by atoms with Crippen LogP contribution in [0.5, 0.6) is 0 Å². The van der Waals surface area contributed by atoms with Crippen LogP contribution in [0.15, 0.2) is 24.3 Å². The van der Waals surface area contributed by atoms with E-state index in [1.54, 1.807) is 0 Å². The fraction of sp³-hybridized carbons (Fsp3) is 0.538. The Labute approximate surface area is 96.8 Å². The van der Waals surface area contributed by atoms with Crippen LogP contribution in [0.1, 0.15) is 25.8 Å². The van der Waals surface area contributed by atoms with Gasteiger partial charge in [0.15, 0.2) is 0 Å². The maximum Gasteiger partial charge on any atom is 0.0406 e. The lowest BCUT2D eigenvalue weighted by Crippen LogP contribution is -2.30. The van der Waals surface area contributed by atoms with Crippen molar-refractivity contribution in [1.29, 1.82) is 0 Å². The van der Waals surface area contributed by atoms with Crippen molar-refractivity contribution < 1.29 is 0 Å². The zero-order valence-electron chi connectivity index (χ0n) is 9.33. The van der Waals surface area contributed by atoms with Crippen molar-refractivity contribution >= 4 is 11.6 Å². The van der Waals surface area contributed by atoms with Gasteiger partial charge in [-0.2, -0.15) is 0 Å². The Hall–Kier alpha value is -0.530. The Morgan fingerprint density at radius 2 is 2.00 bits per heavy atom. The highest BCUT2D eigenvalue weighted by Crippen LogP contribution is 2.29. The lowest BCUT2D eigenvalue weighted by Gasteiger charge is -2.13. The molecule has 1 aromatic carbocycles. The molecule has 1 aromatic rings. The van der Waals surface area contributed by atoms with Gasteiger partial charge in [0.1, 0.15) is 0 Å². The highest BCUT2D eigenvalue weighted by Gasteiger charge is 2.32. The number of halogens is 1. The van der Waals surface area contributed by atoms with Gasteiger partial charge in [-0.05, 0) is 43.4 Å². The first-order chi connectivity index (χ1) is 7.15. The van der Waals surface area contributed by atoms with Crippen LogP contribution < -0.4 is 5.32 Å². The summed E-state index contributed by atoms with van der Waals surface area (Å²) in [6.45, 7) is 4.55. The summed E-state index contributed by atoms with van der Waals surface area (Å²) in [5, 5.41) is 4.45. The van der Waals surface area contributed by atoms with Crippen LogP contribution in [-0.4, -0.2) is 12.1 Å². The third-order valence-corrected chi connectivity index (χ3v) is 3.32. The fourth-order valence-corrected chi connectivity index (χ4v) is 2.08. The predicted molar refractivity (Wildman–Crippen MR) is 65.3 cm³/mol. The van der Waals surface area contributed by atoms with Gasteiger partial charge in [0, 0.05) is 17.1 Å². The maximum absolute atomic E-state index is 5.85. The summed E-state index contributed by atoms with van der Waals surface area (Å²) in [6, 6.07) is 9.45. The molecule has 0 aromatic heterocycles. The summed E-state index contributed by atoms with van der Waals surface area (Å²) < 4.78 is 0. The van der Waals surface area contributed by atoms with Crippen molar-refractivity contribution in [2.75, 3.05) is 0 Å². The molecule has 0 bridgehead atoms. The molecule has 2 heteroatoms. The van der Waals surface area contributed by atoms with Crippen LogP contribution >= 0.6 is 11.6 Å². The van der Waals surface area contributed by atoms with E-state index in [0.717, 1.165) is 23.4 Å². The van der Waals surface area contributed by atoms with Crippen LogP contribution in [0.2, 0.25) is 5.02 Å². The normalized spacial score (nSPS) is 26.3. The van der Waals surface area contributed by atoms with Gasteiger partial charge in [0.25, 0.3) is 0 Å². The van der Waals surface area contributed by atoms with Gasteiger partial charge in [0.2, 0.25) is 0 Å². The van der Waals surface area contributed by atoms with Crippen molar-refractivity contribution in [2.24, 2.45) is 5.92 Å². The van der Waals surface area contributed by atoms with Gasteiger partial charge in [-0.3, -0.25) is 0 Å². The van der Waals surface area contributed by atoms with Crippen LogP contribution in [0.3, 0.4) is 0 Å². The zero-order chi connectivity index (χ0) is 10.8. The van der Waals surface area contributed by atoms with Crippen molar-refractivity contribution in [1.82, 2.24) is 5.32 Å². The molecule has 0 amide bonds. The molecule has 0 saturated heterocycles. The lowest BCUT2D eigenvalue weighted by atomic mass is 10.1. The second-order valence-corrected chi connectivity index (χ2v) is 5.15. The van der Waals surface area contributed by atoms with Crippen LogP contribution in [0.25, 0.3) is 0 Å². The van der Waals surface area contributed by atoms with E-state index in [1.165, 1.54) is 12.0 Å². The first kappa shape index (κ1) is 11.0. The summed E-state index contributed by atoms with van der Waals surface area (Å²) in [4.78, 5) is 0. The molecule has 3 atom stereocenters.